The minimum absolute atomic E-state index is 0.759. The molecule has 0 nitrogen and oxygen atoms in total. The van der Waals surface area contributed by atoms with Crippen LogP contribution in [-0.2, 0) is 0 Å². The van der Waals surface area contributed by atoms with Gasteiger partial charge in [0.05, 0.1) is 0 Å². The van der Waals surface area contributed by atoms with Crippen LogP contribution in [0.15, 0.2) is 30.3 Å². The summed E-state index contributed by atoms with van der Waals surface area (Å²) < 4.78 is 0.759. The first kappa shape index (κ1) is 8.11. The average Bonchev–Trinajstić information content (AvgIpc) is 2.05. The van der Waals surface area contributed by atoms with Crippen molar-refractivity contribution in [2.24, 2.45) is 0 Å². The summed E-state index contributed by atoms with van der Waals surface area (Å²) in [5.41, 5.74) is 1.47. The van der Waals surface area contributed by atoms with Crippen molar-refractivity contribution in [3.8, 4) is 0 Å². The van der Waals surface area contributed by atoms with Crippen LogP contribution in [0.3, 0.4) is 0 Å². The Morgan fingerprint density at radius 3 is 2.40 bits per heavy atom. The van der Waals surface area contributed by atoms with E-state index in [2.05, 4.69) is 37.3 Å². The Bertz CT molecular complexity index is 181. The second-order valence-electron chi connectivity index (χ2n) is 2.33. The molecule has 0 spiro atoms. The first-order chi connectivity index (χ1) is 4.84. The summed E-state index contributed by atoms with van der Waals surface area (Å²) in [6.07, 6.45) is 1.25. The van der Waals surface area contributed by atoms with E-state index < -0.39 is 0 Å². The number of rotatable bonds is 2. The average molecular weight is 248 g/mol. The Balaban J connectivity index is 2.75. The second-order valence-corrected chi connectivity index (χ2v) is 4.11. The fourth-order valence-electron chi connectivity index (χ4n) is 0.911. The number of hydrogen-bond acceptors (Lipinski definition) is 0. The van der Waals surface area contributed by atoms with Crippen LogP contribution >= 0.6 is 0 Å². The molecule has 0 radical (unpaired) electrons. The number of hydrogen-bond donors (Lipinski definition) is 0. The van der Waals surface area contributed by atoms with E-state index in [9.17, 15) is 0 Å². The molecule has 0 heterocycles. The van der Waals surface area contributed by atoms with Gasteiger partial charge < -0.3 is 0 Å². The summed E-state index contributed by atoms with van der Waals surface area (Å²) in [5.74, 6) is 0. The van der Waals surface area contributed by atoms with Crippen LogP contribution in [0.1, 0.15) is 22.9 Å². The van der Waals surface area contributed by atoms with Crippen molar-refractivity contribution in [2.45, 2.75) is 17.3 Å². The topological polar surface area (TPSA) is 0 Å². The van der Waals surface area contributed by atoms with E-state index in [1.807, 2.05) is 22.3 Å². The van der Waals surface area contributed by atoms with E-state index in [1.165, 1.54) is 12.0 Å². The molecule has 0 aliphatic carbocycles. The van der Waals surface area contributed by atoms with Gasteiger partial charge in [-0.05, 0) is 0 Å². The normalized spacial score (nSPS) is 13.0. The van der Waals surface area contributed by atoms with Crippen LogP contribution in [0.2, 0.25) is 0 Å². The van der Waals surface area contributed by atoms with Gasteiger partial charge in [-0.1, -0.05) is 0 Å². The van der Waals surface area contributed by atoms with E-state index in [-0.39, 0.29) is 0 Å². The third kappa shape index (κ3) is 2.01. The van der Waals surface area contributed by atoms with Crippen LogP contribution < -0.4 is 0 Å². The van der Waals surface area contributed by atoms with Crippen LogP contribution in [0.4, 0.5) is 0 Å². The summed E-state index contributed by atoms with van der Waals surface area (Å²) in [6, 6.07) is 10.7. The quantitative estimate of drug-likeness (QED) is 0.702. The summed E-state index contributed by atoms with van der Waals surface area (Å²) in [6.45, 7) is 2.23. The van der Waals surface area contributed by atoms with Crippen molar-refractivity contribution in [3.05, 3.63) is 35.9 Å². The molecule has 1 heteroatoms. The summed E-state index contributed by atoms with van der Waals surface area (Å²) in [5, 5.41) is 0. The van der Waals surface area contributed by atoms with E-state index >= 15 is 0 Å². The molecule has 0 aliphatic rings. The van der Waals surface area contributed by atoms with Gasteiger partial charge in [0.2, 0.25) is 0 Å². The third-order valence-electron chi connectivity index (χ3n) is 1.57. The molecular formula is C9H12Te. The zero-order valence-electron chi connectivity index (χ0n) is 6.12. The molecular weight excluding hydrogens is 236 g/mol. The van der Waals surface area contributed by atoms with Gasteiger partial charge in [0, 0.05) is 0 Å². The van der Waals surface area contributed by atoms with Crippen LogP contribution in [0, 0.1) is 0 Å². The molecule has 10 heavy (non-hydrogen) atoms. The predicted molar refractivity (Wildman–Crippen MR) is 46.6 cm³/mol. The maximum absolute atomic E-state index is 2.23. The SMILES string of the molecule is CCC([TeH])c1ccccc1. The zero-order chi connectivity index (χ0) is 7.40. The van der Waals surface area contributed by atoms with Gasteiger partial charge in [0.15, 0.2) is 0 Å². The molecule has 0 saturated heterocycles. The molecule has 1 unspecified atom stereocenters. The minimum atomic E-state index is 0.759. The van der Waals surface area contributed by atoms with E-state index in [0.717, 1.165) is 3.97 Å². The van der Waals surface area contributed by atoms with E-state index in [0.29, 0.717) is 0 Å². The monoisotopic (exact) mass is 250 g/mol. The molecule has 1 aromatic carbocycles. The third-order valence-corrected chi connectivity index (χ3v) is 3.46. The number of benzene rings is 1. The second kappa shape index (κ2) is 4.01. The van der Waals surface area contributed by atoms with Crippen molar-refractivity contribution >= 4 is 22.3 Å². The fraction of sp³-hybridized carbons (Fsp3) is 0.333. The summed E-state index contributed by atoms with van der Waals surface area (Å²) in [7, 11) is 0. The molecule has 1 atom stereocenters. The first-order valence-corrected chi connectivity index (χ1v) is 5.05. The van der Waals surface area contributed by atoms with Gasteiger partial charge in [-0.3, -0.25) is 0 Å². The van der Waals surface area contributed by atoms with Crippen LogP contribution in [0.25, 0.3) is 0 Å². The summed E-state index contributed by atoms with van der Waals surface area (Å²) in [4.78, 5) is 0. The zero-order valence-corrected chi connectivity index (χ0v) is 8.67. The Hall–Kier alpha value is 0.00961. The first-order valence-electron chi connectivity index (χ1n) is 3.57. The van der Waals surface area contributed by atoms with E-state index in [1.54, 1.807) is 0 Å². The molecule has 1 rings (SSSR count). The molecule has 0 amide bonds. The van der Waals surface area contributed by atoms with Gasteiger partial charge in [0.1, 0.15) is 0 Å². The van der Waals surface area contributed by atoms with Gasteiger partial charge in [0.25, 0.3) is 0 Å². The van der Waals surface area contributed by atoms with Gasteiger partial charge in [-0.15, -0.1) is 0 Å². The molecule has 0 saturated carbocycles. The van der Waals surface area contributed by atoms with Gasteiger partial charge in [-0.2, -0.15) is 0 Å². The van der Waals surface area contributed by atoms with Crippen molar-refractivity contribution in [3.63, 3.8) is 0 Å². The molecule has 0 fully saturated rings. The molecule has 0 aromatic heterocycles. The Kier molecular flexibility index (Phi) is 3.25. The Labute approximate surface area is 75.6 Å². The molecule has 0 aliphatic heterocycles. The molecule has 0 N–H and O–H groups in total. The molecule has 54 valence electrons. The van der Waals surface area contributed by atoms with E-state index in [4.69, 9.17) is 0 Å². The Morgan fingerprint density at radius 2 is 1.90 bits per heavy atom. The molecule has 1 aromatic rings. The molecule has 0 bridgehead atoms. The predicted octanol–water partition coefficient (Wildman–Crippen LogP) is 2.04. The standard InChI is InChI=1S/C9H12Te/c1-2-9(10)8-6-4-3-5-7-8/h3-7,9-10H,2H2,1H3. The van der Waals surface area contributed by atoms with Crippen molar-refractivity contribution in [2.75, 3.05) is 0 Å². The van der Waals surface area contributed by atoms with Crippen LogP contribution in [-0.4, -0.2) is 22.3 Å². The van der Waals surface area contributed by atoms with Gasteiger partial charge >= 0.3 is 75.5 Å². The van der Waals surface area contributed by atoms with Gasteiger partial charge in [-0.25, -0.2) is 0 Å². The van der Waals surface area contributed by atoms with Crippen molar-refractivity contribution in [1.29, 1.82) is 0 Å². The van der Waals surface area contributed by atoms with Crippen molar-refractivity contribution in [1.82, 2.24) is 0 Å². The maximum atomic E-state index is 2.23. The van der Waals surface area contributed by atoms with Crippen LogP contribution in [0.5, 0.6) is 0 Å². The fourth-order valence-corrected chi connectivity index (χ4v) is 1.40. The summed E-state index contributed by atoms with van der Waals surface area (Å²) >= 11 is 1.91. The van der Waals surface area contributed by atoms with Crippen molar-refractivity contribution < 1.29 is 0 Å². The Morgan fingerprint density at radius 1 is 1.30 bits per heavy atom.